The second-order valence-electron chi connectivity index (χ2n) is 5.53. The van der Waals surface area contributed by atoms with E-state index in [2.05, 4.69) is 20.7 Å². The van der Waals surface area contributed by atoms with E-state index in [-0.39, 0.29) is 12.3 Å². The van der Waals surface area contributed by atoms with Crippen LogP contribution in [0.4, 0.5) is 5.69 Å². The molecule has 0 spiro atoms. The molecule has 0 aliphatic rings. The average molecular weight is 306 g/mol. The highest BCUT2D eigenvalue weighted by Gasteiger charge is 2.13. The van der Waals surface area contributed by atoms with E-state index < -0.39 is 0 Å². The summed E-state index contributed by atoms with van der Waals surface area (Å²) < 4.78 is 5.26. The van der Waals surface area contributed by atoms with Gasteiger partial charge in [-0.1, -0.05) is 16.8 Å². The number of rotatable bonds is 3. The number of hydrogen-bond acceptors (Lipinski definition) is 4. The number of nitrogens with zero attached hydrogens (tertiary/aromatic N) is 2. The molecule has 2 aromatic carbocycles. The molecule has 6 nitrogen and oxygen atoms in total. The molecule has 0 radical (unpaired) electrons. The first-order chi connectivity index (χ1) is 11.2. The number of fused-ring (bicyclic) bond motifs is 2. The summed E-state index contributed by atoms with van der Waals surface area (Å²) in [4.78, 5) is 12.3. The van der Waals surface area contributed by atoms with Crippen molar-refractivity contribution in [1.29, 1.82) is 0 Å². The smallest absolute Gasteiger partial charge is 0.230 e. The maximum absolute atomic E-state index is 12.3. The first-order valence-corrected chi connectivity index (χ1v) is 7.27. The lowest BCUT2D eigenvalue weighted by atomic mass is 10.1. The largest absolute Gasteiger partial charge is 0.356 e. The van der Waals surface area contributed by atoms with Crippen LogP contribution in [-0.4, -0.2) is 21.3 Å². The SMILES string of the molecule is Cc1ccc2onc(CC(=O)Nc3ccc4cn[nH]c4c3)c2c1. The van der Waals surface area contributed by atoms with Crippen molar-refractivity contribution in [2.24, 2.45) is 0 Å². The third-order valence-corrected chi connectivity index (χ3v) is 3.75. The second kappa shape index (κ2) is 5.24. The van der Waals surface area contributed by atoms with Crippen molar-refractivity contribution in [3.8, 4) is 0 Å². The molecule has 2 heterocycles. The first-order valence-electron chi connectivity index (χ1n) is 7.27. The van der Waals surface area contributed by atoms with E-state index in [1.165, 1.54) is 0 Å². The van der Waals surface area contributed by atoms with Gasteiger partial charge in [-0.3, -0.25) is 9.89 Å². The number of carbonyl (C=O) groups excluding carboxylic acids is 1. The lowest BCUT2D eigenvalue weighted by Gasteiger charge is -2.04. The van der Waals surface area contributed by atoms with Gasteiger partial charge in [0.25, 0.3) is 0 Å². The van der Waals surface area contributed by atoms with Gasteiger partial charge in [0, 0.05) is 16.5 Å². The molecule has 114 valence electrons. The fourth-order valence-corrected chi connectivity index (χ4v) is 2.60. The lowest BCUT2D eigenvalue weighted by Crippen LogP contribution is -2.14. The lowest BCUT2D eigenvalue weighted by molar-refractivity contribution is -0.115. The summed E-state index contributed by atoms with van der Waals surface area (Å²) in [7, 11) is 0. The number of carbonyl (C=O) groups is 1. The van der Waals surface area contributed by atoms with Crippen molar-refractivity contribution in [2.45, 2.75) is 13.3 Å². The van der Waals surface area contributed by atoms with Gasteiger partial charge >= 0.3 is 0 Å². The summed E-state index contributed by atoms with van der Waals surface area (Å²) in [6.45, 7) is 2.00. The van der Waals surface area contributed by atoms with Crippen molar-refractivity contribution < 1.29 is 9.32 Å². The normalized spacial score (nSPS) is 11.2. The number of aromatic amines is 1. The van der Waals surface area contributed by atoms with Crippen molar-refractivity contribution in [3.63, 3.8) is 0 Å². The molecule has 6 heteroatoms. The maximum Gasteiger partial charge on any atom is 0.230 e. The van der Waals surface area contributed by atoms with Crippen molar-refractivity contribution >= 4 is 33.5 Å². The minimum atomic E-state index is -0.138. The Bertz CT molecular complexity index is 1020. The molecule has 2 N–H and O–H groups in total. The first kappa shape index (κ1) is 13.5. The zero-order valence-corrected chi connectivity index (χ0v) is 12.5. The van der Waals surface area contributed by atoms with E-state index in [1.54, 1.807) is 6.20 Å². The van der Waals surface area contributed by atoms with Gasteiger partial charge in [0.15, 0.2) is 5.58 Å². The van der Waals surface area contributed by atoms with Crippen LogP contribution in [0.2, 0.25) is 0 Å². The molecule has 0 aliphatic carbocycles. The molecule has 0 atom stereocenters. The van der Waals surface area contributed by atoms with Gasteiger partial charge in [0.1, 0.15) is 5.69 Å². The summed E-state index contributed by atoms with van der Waals surface area (Å²) in [6, 6.07) is 11.4. The second-order valence-corrected chi connectivity index (χ2v) is 5.53. The molecule has 0 aliphatic heterocycles. The maximum atomic E-state index is 12.3. The third-order valence-electron chi connectivity index (χ3n) is 3.75. The van der Waals surface area contributed by atoms with E-state index in [1.807, 2.05) is 43.3 Å². The molecular formula is C17H14N4O2. The summed E-state index contributed by atoms with van der Waals surface area (Å²) in [5, 5.41) is 15.6. The minimum Gasteiger partial charge on any atom is -0.356 e. The predicted molar refractivity (Wildman–Crippen MR) is 87.2 cm³/mol. The molecule has 0 unspecified atom stereocenters. The monoisotopic (exact) mass is 306 g/mol. The average Bonchev–Trinajstić information content (AvgIpc) is 3.14. The van der Waals surface area contributed by atoms with E-state index in [4.69, 9.17) is 4.52 Å². The van der Waals surface area contributed by atoms with Crippen molar-refractivity contribution in [1.82, 2.24) is 15.4 Å². The Morgan fingerprint density at radius 1 is 1.26 bits per heavy atom. The number of hydrogen-bond donors (Lipinski definition) is 2. The molecule has 23 heavy (non-hydrogen) atoms. The molecule has 1 amide bonds. The van der Waals surface area contributed by atoms with Crippen LogP contribution < -0.4 is 5.32 Å². The van der Waals surface area contributed by atoms with Crippen molar-refractivity contribution in [2.75, 3.05) is 5.32 Å². The van der Waals surface area contributed by atoms with Crippen LogP contribution in [0.3, 0.4) is 0 Å². The minimum absolute atomic E-state index is 0.138. The quantitative estimate of drug-likeness (QED) is 0.609. The Balaban J connectivity index is 1.55. The molecule has 0 saturated heterocycles. The van der Waals surface area contributed by atoms with Gasteiger partial charge in [-0.2, -0.15) is 5.10 Å². The number of aromatic nitrogens is 3. The van der Waals surface area contributed by atoms with Crippen LogP contribution in [-0.2, 0) is 11.2 Å². The van der Waals surface area contributed by atoms with E-state index in [0.717, 1.165) is 27.5 Å². The Morgan fingerprint density at radius 3 is 3.09 bits per heavy atom. The van der Waals surface area contributed by atoms with Gasteiger partial charge in [0.05, 0.1) is 18.1 Å². The molecule has 2 aromatic heterocycles. The Hall–Kier alpha value is -3.15. The summed E-state index contributed by atoms with van der Waals surface area (Å²) in [6.07, 6.45) is 1.91. The fourth-order valence-electron chi connectivity index (χ4n) is 2.60. The highest BCUT2D eigenvalue weighted by Crippen LogP contribution is 2.21. The fraction of sp³-hybridized carbons (Fsp3) is 0.118. The molecule has 0 saturated carbocycles. The van der Waals surface area contributed by atoms with E-state index >= 15 is 0 Å². The van der Waals surface area contributed by atoms with Gasteiger partial charge in [-0.15, -0.1) is 0 Å². The zero-order chi connectivity index (χ0) is 15.8. The number of nitrogens with one attached hydrogen (secondary N) is 2. The van der Waals surface area contributed by atoms with Crippen LogP contribution in [0.5, 0.6) is 0 Å². The summed E-state index contributed by atoms with van der Waals surface area (Å²) in [5.74, 6) is -0.138. The van der Waals surface area contributed by atoms with E-state index in [0.29, 0.717) is 11.3 Å². The van der Waals surface area contributed by atoms with Crippen LogP contribution in [0.25, 0.3) is 21.9 Å². The summed E-state index contributed by atoms with van der Waals surface area (Å²) >= 11 is 0. The highest BCUT2D eigenvalue weighted by molar-refractivity contribution is 5.96. The van der Waals surface area contributed by atoms with Crippen LogP contribution in [0.1, 0.15) is 11.3 Å². The number of aryl methyl sites for hydroxylation is 1. The van der Waals surface area contributed by atoms with Gasteiger partial charge < -0.3 is 9.84 Å². The Morgan fingerprint density at radius 2 is 2.17 bits per heavy atom. The van der Waals surface area contributed by atoms with Crippen LogP contribution >= 0.6 is 0 Å². The van der Waals surface area contributed by atoms with Crippen molar-refractivity contribution in [3.05, 3.63) is 53.9 Å². The zero-order valence-electron chi connectivity index (χ0n) is 12.5. The summed E-state index contributed by atoms with van der Waals surface area (Å²) in [5.41, 5.74) is 4.04. The van der Waals surface area contributed by atoms with Gasteiger partial charge in [-0.25, -0.2) is 0 Å². The van der Waals surface area contributed by atoms with Crippen LogP contribution in [0, 0.1) is 6.92 Å². The van der Waals surface area contributed by atoms with Gasteiger partial charge in [0.2, 0.25) is 5.91 Å². The van der Waals surface area contributed by atoms with Crippen LogP contribution in [0.15, 0.2) is 47.1 Å². The molecule has 4 aromatic rings. The number of H-pyrrole nitrogens is 1. The predicted octanol–water partition coefficient (Wildman–Crippen LogP) is 3.19. The topological polar surface area (TPSA) is 83.8 Å². The standard InChI is InChI=1S/C17H14N4O2/c1-10-2-5-16-13(6-10)15(21-23-16)8-17(22)19-12-4-3-11-9-18-20-14(11)7-12/h2-7,9H,8H2,1H3,(H,18,20)(H,19,22). The number of amides is 1. The Labute approximate surface area is 131 Å². The molecule has 0 fully saturated rings. The molecule has 0 bridgehead atoms. The molecular weight excluding hydrogens is 292 g/mol. The van der Waals surface area contributed by atoms with Gasteiger partial charge in [-0.05, 0) is 37.3 Å². The highest BCUT2D eigenvalue weighted by atomic mass is 16.5. The molecule has 4 rings (SSSR count). The Kier molecular flexibility index (Phi) is 3.08. The number of anilines is 1. The third kappa shape index (κ3) is 2.55. The number of benzene rings is 2. The van der Waals surface area contributed by atoms with E-state index in [9.17, 15) is 4.79 Å².